The van der Waals surface area contributed by atoms with Crippen molar-refractivity contribution in [3.05, 3.63) is 29.6 Å². The molecule has 0 saturated carbocycles. The SMILES string of the molecule is CCC1(CC)CNCC(c2c(F)cccc2OC)O1. The highest BCUT2D eigenvalue weighted by atomic mass is 19.1. The van der Waals surface area contributed by atoms with Crippen molar-refractivity contribution >= 4 is 0 Å². The van der Waals surface area contributed by atoms with Gasteiger partial charge in [0.15, 0.2) is 0 Å². The Hall–Kier alpha value is -1.13. The molecule has 0 radical (unpaired) electrons. The van der Waals surface area contributed by atoms with E-state index in [1.165, 1.54) is 6.07 Å². The van der Waals surface area contributed by atoms with Gasteiger partial charge in [0.1, 0.15) is 17.7 Å². The van der Waals surface area contributed by atoms with E-state index in [1.807, 2.05) is 0 Å². The Bertz CT molecular complexity index is 432. The summed E-state index contributed by atoms with van der Waals surface area (Å²) in [5.41, 5.74) is 0.305. The lowest BCUT2D eigenvalue weighted by Crippen LogP contribution is -2.50. The van der Waals surface area contributed by atoms with Gasteiger partial charge in [0.25, 0.3) is 0 Å². The van der Waals surface area contributed by atoms with Gasteiger partial charge in [0.2, 0.25) is 0 Å². The number of methoxy groups -OCH3 is 1. The highest BCUT2D eigenvalue weighted by Gasteiger charge is 2.36. The van der Waals surface area contributed by atoms with Crippen LogP contribution in [0.3, 0.4) is 0 Å². The number of hydrogen-bond acceptors (Lipinski definition) is 3. The summed E-state index contributed by atoms with van der Waals surface area (Å²) < 4.78 is 25.6. The molecule has 1 aromatic rings. The first-order chi connectivity index (χ1) is 9.15. The molecule has 1 fully saturated rings. The molecule has 4 heteroatoms. The van der Waals surface area contributed by atoms with Crippen molar-refractivity contribution in [3.8, 4) is 5.75 Å². The van der Waals surface area contributed by atoms with Crippen molar-refractivity contribution in [3.63, 3.8) is 0 Å². The Kier molecular flexibility index (Phi) is 4.42. The molecule has 1 atom stereocenters. The lowest BCUT2D eigenvalue weighted by molar-refractivity contribution is -0.124. The molecular formula is C15H22FNO2. The summed E-state index contributed by atoms with van der Waals surface area (Å²) in [7, 11) is 1.56. The van der Waals surface area contributed by atoms with E-state index in [0.717, 1.165) is 19.4 Å². The number of halogens is 1. The second-order valence-corrected chi connectivity index (χ2v) is 4.98. The molecule has 1 aromatic carbocycles. The minimum Gasteiger partial charge on any atom is -0.496 e. The Morgan fingerprint density at radius 3 is 2.79 bits per heavy atom. The van der Waals surface area contributed by atoms with Gasteiger partial charge in [0.05, 0.1) is 18.3 Å². The maximum Gasteiger partial charge on any atom is 0.132 e. The van der Waals surface area contributed by atoms with Crippen molar-refractivity contribution in [2.45, 2.75) is 38.4 Å². The zero-order valence-electron chi connectivity index (χ0n) is 11.8. The first-order valence-corrected chi connectivity index (χ1v) is 6.86. The normalized spacial score (nSPS) is 22.2. The Morgan fingerprint density at radius 1 is 1.42 bits per heavy atom. The van der Waals surface area contributed by atoms with Crippen LogP contribution in [0.5, 0.6) is 5.75 Å². The highest BCUT2D eigenvalue weighted by molar-refractivity contribution is 5.37. The summed E-state index contributed by atoms with van der Waals surface area (Å²) in [5.74, 6) is 0.281. The van der Waals surface area contributed by atoms with E-state index in [1.54, 1.807) is 19.2 Å². The molecule has 106 valence electrons. The fraction of sp³-hybridized carbons (Fsp3) is 0.600. The summed E-state index contributed by atoms with van der Waals surface area (Å²) in [4.78, 5) is 0. The lowest BCUT2D eigenvalue weighted by atomic mass is 9.93. The standard InChI is InChI=1S/C15H22FNO2/c1-4-15(5-2)10-17-9-13(19-15)14-11(16)7-6-8-12(14)18-3/h6-8,13,17H,4-5,9-10H2,1-3H3. The number of rotatable bonds is 4. The smallest absolute Gasteiger partial charge is 0.132 e. The van der Waals surface area contributed by atoms with Crippen LogP contribution in [0.2, 0.25) is 0 Å². The summed E-state index contributed by atoms with van der Waals surface area (Å²) in [6.45, 7) is 5.63. The summed E-state index contributed by atoms with van der Waals surface area (Å²) in [6.07, 6.45) is 1.51. The average molecular weight is 267 g/mol. The van der Waals surface area contributed by atoms with E-state index in [0.29, 0.717) is 17.9 Å². The Labute approximate surface area is 114 Å². The third-order valence-corrected chi connectivity index (χ3v) is 4.01. The van der Waals surface area contributed by atoms with Gasteiger partial charge in [-0.2, -0.15) is 0 Å². The van der Waals surface area contributed by atoms with E-state index in [9.17, 15) is 4.39 Å². The van der Waals surface area contributed by atoms with E-state index >= 15 is 0 Å². The van der Waals surface area contributed by atoms with Crippen molar-refractivity contribution in [2.75, 3.05) is 20.2 Å². The van der Waals surface area contributed by atoms with Crippen LogP contribution in [0.15, 0.2) is 18.2 Å². The zero-order chi connectivity index (χ0) is 13.9. The van der Waals surface area contributed by atoms with Gasteiger partial charge in [-0.25, -0.2) is 4.39 Å². The maximum absolute atomic E-state index is 14.1. The molecule has 1 saturated heterocycles. The van der Waals surface area contributed by atoms with Crippen molar-refractivity contribution in [1.82, 2.24) is 5.32 Å². The molecule has 1 unspecified atom stereocenters. The third-order valence-electron chi connectivity index (χ3n) is 4.01. The van der Waals surface area contributed by atoms with Crippen LogP contribution in [-0.4, -0.2) is 25.8 Å². The minimum atomic E-state index is -0.301. The fourth-order valence-electron chi connectivity index (χ4n) is 2.65. The van der Waals surface area contributed by atoms with E-state index in [2.05, 4.69) is 19.2 Å². The van der Waals surface area contributed by atoms with Crippen LogP contribution in [0.1, 0.15) is 38.4 Å². The van der Waals surface area contributed by atoms with E-state index in [-0.39, 0.29) is 17.5 Å². The molecule has 2 rings (SSSR count). The summed E-state index contributed by atoms with van der Waals surface area (Å²) >= 11 is 0. The molecule has 0 aliphatic carbocycles. The quantitative estimate of drug-likeness (QED) is 0.909. The van der Waals surface area contributed by atoms with Gasteiger partial charge in [-0.05, 0) is 25.0 Å². The number of hydrogen-bond donors (Lipinski definition) is 1. The number of nitrogens with one attached hydrogen (secondary N) is 1. The summed E-state index contributed by atoms with van der Waals surface area (Å²) in [5, 5.41) is 3.36. The predicted octanol–water partition coefficient (Wildman–Crippen LogP) is 3.05. The van der Waals surface area contributed by atoms with Crippen LogP contribution in [0, 0.1) is 5.82 Å². The van der Waals surface area contributed by atoms with E-state index in [4.69, 9.17) is 9.47 Å². The predicted molar refractivity (Wildman–Crippen MR) is 73.0 cm³/mol. The van der Waals surface area contributed by atoms with Crippen molar-refractivity contribution < 1.29 is 13.9 Å². The first kappa shape index (κ1) is 14.3. The van der Waals surface area contributed by atoms with Crippen LogP contribution in [0.25, 0.3) is 0 Å². The largest absolute Gasteiger partial charge is 0.496 e. The minimum absolute atomic E-state index is 0.212. The molecule has 1 N–H and O–H groups in total. The molecule has 1 aliphatic rings. The van der Waals surface area contributed by atoms with Gasteiger partial charge < -0.3 is 14.8 Å². The van der Waals surface area contributed by atoms with Crippen molar-refractivity contribution in [1.29, 1.82) is 0 Å². The molecule has 0 amide bonds. The molecule has 0 aromatic heterocycles. The van der Waals surface area contributed by atoms with Crippen LogP contribution < -0.4 is 10.1 Å². The second kappa shape index (κ2) is 5.88. The number of ether oxygens (including phenoxy) is 2. The molecule has 1 aliphatic heterocycles. The third kappa shape index (κ3) is 2.74. The Balaban J connectivity index is 2.31. The van der Waals surface area contributed by atoms with Gasteiger partial charge in [-0.15, -0.1) is 0 Å². The number of morpholine rings is 1. The monoisotopic (exact) mass is 267 g/mol. The van der Waals surface area contributed by atoms with Gasteiger partial charge >= 0.3 is 0 Å². The molecule has 3 nitrogen and oxygen atoms in total. The molecule has 19 heavy (non-hydrogen) atoms. The van der Waals surface area contributed by atoms with Gasteiger partial charge in [0, 0.05) is 13.1 Å². The molecular weight excluding hydrogens is 245 g/mol. The topological polar surface area (TPSA) is 30.5 Å². The lowest BCUT2D eigenvalue weighted by Gasteiger charge is -2.41. The molecule has 0 bridgehead atoms. The van der Waals surface area contributed by atoms with E-state index < -0.39 is 0 Å². The molecule has 0 spiro atoms. The maximum atomic E-state index is 14.1. The highest BCUT2D eigenvalue weighted by Crippen LogP contribution is 2.36. The average Bonchev–Trinajstić information content (AvgIpc) is 2.46. The summed E-state index contributed by atoms with van der Waals surface area (Å²) in [6, 6.07) is 4.88. The fourth-order valence-corrected chi connectivity index (χ4v) is 2.65. The number of benzene rings is 1. The first-order valence-electron chi connectivity index (χ1n) is 6.86. The van der Waals surface area contributed by atoms with Gasteiger partial charge in [-0.3, -0.25) is 0 Å². The molecule has 1 heterocycles. The Morgan fingerprint density at radius 2 is 2.16 bits per heavy atom. The van der Waals surface area contributed by atoms with Crippen LogP contribution in [0.4, 0.5) is 4.39 Å². The second-order valence-electron chi connectivity index (χ2n) is 4.98. The zero-order valence-corrected chi connectivity index (χ0v) is 11.8. The van der Waals surface area contributed by atoms with Crippen LogP contribution in [-0.2, 0) is 4.74 Å². The van der Waals surface area contributed by atoms with Crippen LogP contribution >= 0.6 is 0 Å². The van der Waals surface area contributed by atoms with Crippen molar-refractivity contribution in [2.24, 2.45) is 0 Å². The van der Waals surface area contributed by atoms with Gasteiger partial charge in [-0.1, -0.05) is 19.9 Å².